The third-order valence-corrected chi connectivity index (χ3v) is 5.77. The van der Waals surface area contributed by atoms with Gasteiger partial charge in [-0.15, -0.1) is 0 Å². The molecule has 166 valence electrons. The van der Waals surface area contributed by atoms with Crippen molar-refractivity contribution in [2.24, 2.45) is 5.10 Å². The Hall–Kier alpha value is -2.45. The van der Waals surface area contributed by atoms with E-state index in [0.717, 1.165) is 61.6 Å². The molecule has 0 aliphatic carbocycles. The minimum absolute atomic E-state index is 0.160. The molecule has 1 aliphatic heterocycles. The van der Waals surface area contributed by atoms with E-state index in [1.54, 1.807) is 0 Å². The second kappa shape index (κ2) is 12.4. The van der Waals surface area contributed by atoms with Crippen LogP contribution < -0.4 is 10.3 Å². The third-order valence-electron chi connectivity index (χ3n) is 4.93. The van der Waals surface area contributed by atoms with Crippen LogP contribution in [0.2, 0.25) is 0 Å². The lowest BCUT2D eigenvalue weighted by atomic mass is 10.0. The van der Waals surface area contributed by atoms with Crippen LogP contribution in [0.4, 0.5) is 5.82 Å². The number of carbonyl (C=O) groups excluding carboxylic acids is 1. The average molecular weight is 442 g/mol. The van der Waals surface area contributed by atoms with E-state index in [2.05, 4.69) is 32.3 Å². The van der Waals surface area contributed by atoms with Gasteiger partial charge in [-0.2, -0.15) is 5.10 Å². The summed E-state index contributed by atoms with van der Waals surface area (Å²) in [4.78, 5) is 23.7. The van der Waals surface area contributed by atoms with Gasteiger partial charge in [0, 0.05) is 24.8 Å². The first kappa shape index (κ1) is 23.2. The number of aromatic nitrogens is 2. The first-order valence-electron chi connectivity index (χ1n) is 10.9. The molecule has 1 fully saturated rings. The molecule has 7 nitrogen and oxygen atoms in total. The monoisotopic (exact) mass is 441 g/mol. The number of hydrazone groups is 1. The molecule has 1 aromatic heterocycles. The first-order valence-corrected chi connectivity index (χ1v) is 11.9. The standard InChI is InChI=1S/C23H31N5O2S/c1-3-4-6-11-20(19-9-7-5-8-10-19)26-27-22(29)17-31-23-24-18(2)16-21(25-23)28-12-14-30-15-13-28/h5,7-10,16H,3-4,6,11-15,17H2,1-2H3,(H,27,29)/b26-20+. The summed E-state index contributed by atoms with van der Waals surface area (Å²) in [6.07, 6.45) is 4.19. The fourth-order valence-corrected chi connectivity index (χ4v) is 3.97. The van der Waals surface area contributed by atoms with Crippen LogP contribution in [0.3, 0.4) is 0 Å². The highest BCUT2D eigenvalue weighted by atomic mass is 32.2. The number of nitrogens with zero attached hydrogens (tertiary/aromatic N) is 4. The summed E-state index contributed by atoms with van der Waals surface area (Å²) in [6, 6.07) is 12.0. The molecule has 3 rings (SSSR count). The predicted molar refractivity (Wildman–Crippen MR) is 126 cm³/mol. The molecule has 1 saturated heterocycles. The molecule has 0 spiro atoms. The fourth-order valence-electron chi connectivity index (χ4n) is 3.27. The molecule has 1 N–H and O–H groups in total. The summed E-state index contributed by atoms with van der Waals surface area (Å²) in [6.45, 7) is 7.16. The predicted octanol–water partition coefficient (Wildman–Crippen LogP) is 3.81. The lowest BCUT2D eigenvalue weighted by molar-refractivity contribution is -0.118. The van der Waals surface area contributed by atoms with E-state index in [4.69, 9.17) is 4.74 Å². The molecule has 1 aromatic carbocycles. The van der Waals surface area contributed by atoms with Crippen molar-refractivity contribution in [2.45, 2.75) is 44.7 Å². The number of anilines is 1. The van der Waals surface area contributed by atoms with Gasteiger partial charge in [0.2, 0.25) is 0 Å². The zero-order chi connectivity index (χ0) is 21.9. The van der Waals surface area contributed by atoms with E-state index >= 15 is 0 Å². The molecule has 0 atom stereocenters. The van der Waals surface area contributed by atoms with Gasteiger partial charge >= 0.3 is 0 Å². The number of morpholine rings is 1. The number of hydrogen-bond donors (Lipinski definition) is 1. The Balaban J connectivity index is 1.58. The summed E-state index contributed by atoms with van der Waals surface area (Å²) in [5.41, 5.74) is 5.56. The number of rotatable bonds is 10. The number of ether oxygens (including phenoxy) is 1. The van der Waals surface area contributed by atoms with E-state index in [-0.39, 0.29) is 11.7 Å². The number of benzene rings is 1. The van der Waals surface area contributed by atoms with Gasteiger partial charge in [-0.3, -0.25) is 4.79 Å². The first-order chi connectivity index (χ1) is 15.2. The maximum Gasteiger partial charge on any atom is 0.250 e. The van der Waals surface area contributed by atoms with Crippen molar-refractivity contribution in [3.63, 3.8) is 0 Å². The summed E-state index contributed by atoms with van der Waals surface area (Å²) < 4.78 is 5.41. The van der Waals surface area contributed by atoms with Crippen LogP contribution >= 0.6 is 11.8 Å². The van der Waals surface area contributed by atoms with E-state index in [1.165, 1.54) is 11.8 Å². The quantitative estimate of drug-likeness (QED) is 0.199. The molecule has 2 aromatic rings. The van der Waals surface area contributed by atoms with E-state index in [0.29, 0.717) is 18.4 Å². The summed E-state index contributed by atoms with van der Waals surface area (Å²) in [7, 11) is 0. The lowest BCUT2D eigenvalue weighted by Gasteiger charge is -2.28. The normalized spacial score (nSPS) is 14.5. The molecule has 1 amide bonds. The van der Waals surface area contributed by atoms with Crippen molar-refractivity contribution in [2.75, 3.05) is 37.0 Å². The van der Waals surface area contributed by atoms with Crippen molar-refractivity contribution in [3.05, 3.63) is 47.7 Å². The Labute approximate surface area is 188 Å². The number of thioether (sulfide) groups is 1. The number of carbonyl (C=O) groups is 1. The van der Waals surface area contributed by atoms with Crippen molar-refractivity contribution in [3.8, 4) is 0 Å². The number of hydrogen-bond acceptors (Lipinski definition) is 7. The highest BCUT2D eigenvalue weighted by Gasteiger charge is 2.15. The van der Waals surface area contributed by atoms with Crippen LogP contribution in [0.5, 0.6) is 0 Å². The van der Waals surface area contributed by atoms with Gasteiger partial charge in [0.05, 0.1) is 24.7 Å². The zero-order valence-corrected chi connectivity index (χ0v) is 19.2. The molecule has 8 heteroatoms. The topological polar surface area (TPSA) is 79.7 Å². The molecule has 0 unspecified atom stereocenters. The second-order valence-electron chi connectivity index (χ2n) is 7.45. The molecular formula is C23H31N5O2S. The number of aryl methyl sites for hydroxylation is 1. The van der Waals surface area contributed by atoms with Gasteiger partial charge in [0.15, 0.2) is 5.16 Å². The van der Waals surface area contributed by atoms with Crippen molar-refractivity contribution >= 4 is 29.2 Å². The zero-order valence-electron chi connectivity index (χ0n) is 18.3. The smallest absolute Gasteiger partial charge is 0.250 e. The molecule has 1 aliphatic rings. The van der Waals surface area contributed by atoms with Gasteiger partial charge in [0.25, 0.3) is 5.91 Å². The Morgan fingerprint density at radius 1 is 1.19 bits per heavy atom. The largest absolute Gasteiger partial charge is 0.378 e. The Bertz CT molecular complexity index is 870. The third kappa shape index (κ3) is 7.63. The van der Waals surface area contributed by atoms with Crippen LogP contribution in [0.25, 0.3) is 0 Å². The molecular weight excluding hydrogens is 410 g/mol. The summed E-state index contributed by atoms with van der Waals surface area (Å²) >= 11 is 1.33. The Kier molecular flexibility index (Phi) is 9.30. The van der Waals surface area contributed by atoms with E-state index < -0.39 is 0 Å². The highest BCUT2D eigenvalue weighted by Crippen LogP contribution is 2.20. The summed E-state index contributed by atoms with van der Waals surface area (Å²) in [5, 5.41) is 5.03. The second-order valence-corrected chi connectivity index (χ2v) is 8.40. The van der Waals surface area contributed by atoms with Gasteiger partial charge in [-0.1, -0.05) is 61.9 Å². The number of amides is 1. The maximum absolute atomic E-state index is 12.4. The number of unbranched alkanes of at least 4 members (excludes halogenated alkanes) is 2. The van der Waals surface area contributed by atoms with Crippen LogP contribution in [-0.4, -0.2) is 53.6 Å². The highest BCUT2D eigenvalue weighted by molar-refractivity contribution is 7.99. The van der Waals surface area contributed by atoms with E-state index in [9.17, 15) is 4.79 Å². The molecule has 31 heavy (non-hydrogen) atoms. The SMILES string of the molecule is CCCCC/C(=N\NC(=O)CSc1nc(C)cc(N2CCOCC2)n1)c1ccccc1. The van der Waals surface area contributed by atoms with Crippen molar-refractivity contribution in [1.82, 2.24) is 15.4 Å². The molecule has 0 saturated carbocycles. The van der Waals surface area contributed by atoms with Crippen molar-refractivity contribution < 1.29 is 9.53 Å². The van der Waals surface area contributed by atoms with Gasteiger partial charge < -0.3 is 9.64 Å². The van der Waals surface area contributed by atoms with Crippen LogP contribution in [-0.2, 0) is 9.53 Å². The Morgan fingerprint density at radius 2 is 1.97 bits per heavy atom. The minimum Gasteiger partial charge on any atom is -0.378 e. The molecule has 2 heterocycles. The van der Waals surface area contributed by atoms with Crippen LogP contribution in [0, 0.1) is 6.92 Å². The number of nitrogens with one attached hydrogen (secondary N) is 1. The van der Waals surface area contributed by atoms with Gasteiger partial charge in [0.1, 0.15) is 5.82 Å². The molecule has 0 bridgehead atoms. The lowest BCUT2D eigenvalue weighted by Crippen LogP contribution is -2.36. The minimum atomic E-state index is -0.160. The fraction of sp³-hybridized carbons (Fsp3) is 0.478. The van der Waals surface area contributed by atoms with Gasteiger partial charge in [-0.25, -0.2) is 15.4 Å². The van der Waals surface area contributed by atoms with Crippen LogP contribution in [0.1, 0.15) is 43.9 Å². The van der Waals surface area contributed by atoms with Crippen molar-refractivity contribution in [1.29, 1.82) is 0 Å². The van der Waals surface area contributed by atoms with Gasteiger partial charge in [-0.05, 0) is 25.3 Å². The van der Waals surface area contributed by atoms with E-state index in [1.807, 2.05) is 43.3 Å². The summed E-state index contributed by atoms with van der Waals surface area (Å²) in [5.74, 6) is 0.943. The van der Waals surface area contributed by atoms with Crippen LogP contribution in [0.15, 0.2) is 46.7 Å². The Morgan fingerprint density at radius 3 is 2.71 bits per heavy atom. The maximum atomic E-state index is 12.4. The molecule has 0 radical (unpaired) electrons. The average Bonchev–Trinajstić information content (AvgIpc) is 2.81.